The Balaban J connectivity index is 1.81. The molecule has 0 aliphatic carbocycles. The summed E-state index contributed by atoms with van der Waals surface area (Å²) < 4.78 is 27.1. The van der Waals surface area contributed by atoms with Crippen LogP contribution in [-0.4, -0.2) is 15.5 Å². The molecule has 116 valence electrons. The first-order valence-electron chi connectivity index (χ1n) is 6.73. The van der Waals surface area contributed by atoms with E-state index in [0.29, 0.717) is 10.9 Å². The van der Waals surface area contributed by atoms with E-state index in [2.05, 4.69) is 10.3 Å². The lowest BCUT2D eigenvalue weighted by Crippen LogP contribution is -2.27. The molecule has 0 fully saturated rings. The molecule has 7 heteroatoms. The zero-order chi connectivity index (χ0) is 16.4. The smallest absolute Gasteiger partial charge is 0.261 e. The molecule has 0 atom stereocenters. The molecule has 1 heterocycles. The Hall–Kier alpha value is -3.09. The molecule has 0 saturated carbocycles. The van der Waals surface area contributed by atoms with E-state index in [-0.39, 0.29) is 17.8 Å². The Morgan fingerprint density at radius 2 is 1.91 bits per heavy atom. The number of nitrogens with zero attached hydrogens (tertiary/aromatic N) is 2. The number of rotatable bonds is 3. The molecule has 23 heavy (non-hydrogen) atoms. The third kappa shape index (κ3) is 3.08. The number of carbonyl (C=O) groups is 1. The van der Waals surface area contributed by atoms with E-state index in [0.717, 1.165) is 16.7 Å². The lowest BCUT2D eigenvalue weighted by molar-refractivity contribution is -0.116. The third-order valence-corrected chi connectivity index (χ3v) is 3.25. The number of halogens is 2. The highest BCUT2D eigenvalue weighted by Crippen LogP contribution is 2.13. The summed E-state index contributed by atoms with van der Waals surface area (Å²) in [5.41, 5.74) is 0.293. The second kappa shape index (κ2) is 5.96. The zero-order valence-corrected chi connectivity index (χ0v) is 11.8. The van der Waals surface area contributed by atoms with Crippen LogP contribution in [0, 0.1) is 11.6 Å². The van der Waals surface area contributed by atoms with Crippen molar-refractivity contribution in [1.29, 1.82) is 0 Å². The maximum Gasteiger partial charge on any atom is 0.261 e. The van der Waals surface area contributed by atoms with Gasteiger partial charge in [-0.1, -0.05) is 12.1 Å². The Morgan fingerprint density at radius 1 is 1.13 bits per heavy atom. The molecule has 1 aromatic heterocycles. The highest BCUT2D eigenvalue weighted by Gasteiger charge is 2.09. The van der Waals surface area contributed by atoms with Gasteiger partial charge in [0.15, 0.2) is 11.6 Å². The van der Waals surface area contributed by atoms with Gasteiger partial charge in [0.2, 0.25) is 5.91 Å². The van der Waals surface area contributed by atoms with Gasteiger partial charge in [0.25, 0.3) is 5.56 Å². The molecule has 1 N–H and O–H groups in total. The number of benzene rings is 2. The molecule has 0 aliphatic heterocycles. The Kier molecular flexibility index (Phi) is 3.84. The second-order valence-corrected chi connectivity index (χ2v) is 4.87. The normalized spacial score (nSPS) is 10.7. The van der Waals surface area contributed by atoms with Gasteiger partial charge in [-0.3, -0.25) is 14.2 Å². The van der Waals surface area contributed by atoms with Crippen LogP contribution in [0.2, 0.25) is 0 Å². The first kappa shape index (κ1) is 14.8. The maximum absolute atomic E-state index is 13.1. The fourth-order valence-corrected chi connectivity index (χ4v) is 2.15. The number of nitrogens with one attached hydrogen (secondary N) is 1. The molecular formula is C16H11F2N3O2. The van der Waals surface area contributed by atoms with Crippen LogP contribution in [0.4, 0.5) is 14.5 Å². The quantitative estimate of drug-likeness (QED) is 0.807. The highest BCUT2D eigenvalue weighted by molar-refractivity contribution is 5.90. The summed E-state index contributed by atoms with van der Waals surface area (Å²) in [5, 5.41) is 2.80. The van der Waals surface area contributed by atoms with E-state index < -0.39 is 17.5 Å². The SMILES string of the molecule is O=C(Cn1cnc2ccccc2c1=O)Nc1ccc(F)c(F)c1. The van der Waals surface area contributed by atoms with Crippen molar-refractivity contribution in [2.75, 3.05) is 5.32 Å². The van der Waals surface area contributed by atoms with Crippen LogP contribution >= 0.6 is 0 Å². The van der Waals surface area contributed by atoms with Crippen LogP contribution in [0.1, 0.15) is 0 Å². The first-order chi connectivity index (χ1) is 11.0. The van der Waals surface area contributed by atoms with Gasteiger partial charge in [-0.05, 0) is 24.3 Å². The second-order valence-electron chi connectivity index (χ2n) is 4.87. The summed E-state index contributed by atoms with van der Waals surface area (Å²) in [6, 6.07) is 9.80. The monoisotopic (exact) mass is 315 g/mol. The predicted molar refractivity (Wildman–Crippen MR) is 81.0 cm³/mol. The summed E-state index contributed by atoms with van der Waals surface area (Å²) in [7, 11) is 0. The minimum atomic E-state index is -1.06. The minimum absolute atomic E-state index is 0.107. The molecule has 0 saturated heterocycles. The predicted octanol–water partition coefficient (Wildman–Crippen LogP) is 2.31. The molecule has 2 aromatic carbocycles. The van der Waals surface area contributed by atoms with Crippen LogP contribution in [0.25, 0.3) is 10.9 Å². The Labute approximate surface area is 129 Å². The highest BCUT2D eigenvalue weighted by atomic mass is 19.2. The van der Waals surface area contributed by atoms with Gasteiger partial charge in [0.05, 0.1) is 17.2 Å². The third-order valence-electron chi connectivity index (χ3n) is 3.25. The molecule has 5 nitrogen and oxygen atoms in total. The lowest BCUT2D eigenvalue weighted by atomic mass is 10.2. The summed E-state index contributed by atoms with van der Waals surface area (Å²) in [4.78, 5) is 28.3. The Morgan fingerprint density at radius 3 is 2.70 bits per heavy atom. The first-order valence-corrected chi connectivity index (χ1v) is 6.73. The molecule has 3 rings (SSSR count). The van der Waals surface area contributed by atoms with Crippen LogP contribution in [0.3, 0.4) is 0 Å². The van der Waals surface area contributed by atoms with Gasteiger partial charge >= 0.3 is 0 Å². The molecule has 0 radical (unpaired) electrons. The maximum atomic E-state index is 13.1. The fourth-order valence-electron chi connectivity index (χ4n) is 2.15. The van der Waals surface area contributed by atoms with E-state index in [1.54, 1.807) is 24.3 Å². The van der Waals surface area contributed by atoms with E-state index in [1.165, 1.54) is 12.4 Å². The van der Waals surface area contributed by atoms with Crippen molar-refractivity contribution in [3.05, 3.63) is 70.8 Å². The van der Waals surface area contributed by atoms with Gasteiger partial charge < -0.3 is 5.32 Å². The largest absolute Gasteiger partial charge is 0.324 e. The van der Waals surface area contributed by atoms with Gasteiger partial charge in [-0.15, -0.1) is 0 Å². The average molecular weight is 315 g/mol. The number of anilines is 1. The van der Waals surface area contributed by atoms with Gasteiger partial charge in [-0.25, -0.2) is 13.8 Å². The molecule has 0 unspecified atom stereocenters. The van der Waals surface area contributed by atoms with Gasteiger partial charge in [-0.2, -0.15) is 0 Å². The van der Waals surface area contributed by atoms with Crippen LogP contribution < -0.4 is 10.9 Å². The number of hydrogen-bond acceptors (Lipinski definition) is 3. The standard InChI is InChI=1S/C16H11F2N3O2/c17-12-6-5-10(7-13(12)18)20-15(22)8-21-9-19-14-4-2-1-3-11(14)16(21)23/h1-7,9H,8H2,(H,20,22). The number of aromatic nitrogens is 2. The van der Waals surface area contributed by atoms with Crippen molar-refractivity contribution in [2.24, 2.45) is 0 Å². The van der Waals surface area contributed by atoms with Crippen LogP contribution in [-0.2, 0) is 11.3 Å². The number of para-hydroxylation sites is 1. The minimum Gasteiger partial charge on any atom is -0.324 e. The molecule has 0 aliphatic rings. The molecule has 1 amide bonds. The number of fused-ring (bicyclic) bond motifs is 1. The van der Waals surface area contributed by atoms with Crippen molar-refractivity contribution >= 4 is 22.5 Å². The van der Waals surface area contributed by atoms with Gasteiger partial charge in [0.1, 0.15) is 6.54 Å². The fraction of sp³-hybridized carbons (Fsp3) is 0.0625. The number of amides is 1. The van der Waals surface area contributed by atoms with E-state index >= 15 is 0 Å². The van der Waals surface area contributed by atoms with Gasteiger partial charge in [0, 0.05) is 11.8 Å². The van der Waals surface area contributed by atoms with Crippen LogP contribution in [0.5, 0.6) is 0 Å². The molecule has 0 bridgehead atoms. The van der Waals surface area contributed by atoms with Crippen molar-refractivity contribution in [2.45, 2.75) is 6.54 Å². The molecule has 0 spiro atoms. The average Bonchev–Trinajstić information content (AvgIpc) is 2.54. The van der Waals surface area contributed by atoms with Crippen molar-refractivity contribution in [1.82, 2.24) is 9.55 Å². The topological polar surface area (TPSA) is 64.0 Å². The van der Waals surface area contributed by atoms with Crippen molar-refractivity contribution in [3.8, 4) is 0 Å². The summed E-state index contributed by atoms with van der Waals surface area (Å²) in [6.07, 6.45) is 1.27. The number of carbonyl (C=O) groups excluding carboxylic acids is 1. The summed E-state index contributed by atoms with van der Waals surface area (Å²) >= 11 is 0. The summed E-state index contributed by atoms with van der Waals surface area (Å²) in [5.74, 6) is -2.61. The Bertz CT molecular complexity index is 953. The summed E-state index contributed by atoms with van der Waals surface area (Å²) in [6.45, 7) is -0.282. The van der Waals surface area contributed by atoms with E-state index in [4.69, 9.17) is 0 Å². The van der Waals surface area contributed by atoms with E-state index in [1.807, 2.05) is 0 Å². The number of hydrogen-bond donors (Lipinski definition) is 1. The molecular weight excluding hydrogens is 304 g/mol. The van der Waals surface area contributed by atoms with Crippen molar-refractivity contribution < 1.29 is 13.6 Å². The van der Waals surface area contributed by atoms with Crippen molar-refractivity contribution in [3.63, 3.8) is 0 Å². The van der Waals surface area contributed by atoms with E-state index in [9.17, 15) is 18.4 Å². The van der Waals surface area contributed by atoms with Crippen LogP contribution in [0.15, 0.2) is 53.6 Å². The lowest BCUT2D eigenvalue weighted by Gasteiger charge is -2.08. The zero-order valence-electron chi connectivity index (χ0n) is 11.8. The molecule has 3 aromatic rings.